The van der Waals surface area contributed by atoms with Gasteiger partial charge in [-0.3, -0.25) is 0 Å². The van der Waals surface area contributed by atoms with E-state index in [-0.39, 0.29) is 56.3 Å². The molecule has 0 atom stereocenters. The van der Waals surface area contributed by atoms with Crippen LogP contribution < -0.4 is 51.4 Å². The average Bonchev–Trinajstić information content (AvgIpc) is 2.54. The Hall–Kier alpha value is 0.766. The van der Waals surface area contributed by atoms with Crippen molar-refractivity contribution in [3.63, 3.8) is 0 Å². The molecule has 0 saturated heterocycles. The molecule has 0 radical (unpaired) electrons. The Bertz CT molecular complexity index is 570. The van der Waals surface area contributed by atoms with Crippen molar-refractivity contribution in [2.75, 3.05) is 0 Å². The summed E-state index contributed by atoms with van der Waals surface area (Å²) in [6.45, 7) is 4.37. The summed E-state index contributed by atoms with van der Waals surface area (Å²) in [7, 11) is -4.39. The first-order valence-corrected chi connectivity index (χ1v) is 11.0. The summed E-state index contributed by atoms with van der Waals surface area (Å²) in [4.78, 5) is 0.00375. The van der Waals surface area contributed by atoms with Gasteiger partial charge in [0.1, 0.15) is 10.1 Å². The van der Waals surface area contributed by atoms with Crippen LogP contribution in [0.5, 0.6) is 0 Å². The third kappa shape index (κ3) is 10.6. The minimum atomic E-state index is -4.39. The van der Waals surface area contributed by atoms with E-state index in [0.717, 1.165) is 43.2 Å². The van der Waals surface area contributed by atoms with Gasteiger partial charge in [-0.05, 0) is 42.9 Å². The van der Waals surface area contributed by atoms with Crippen molar-refractivity contribution in [3.05, 3.63) is 29.3 Å². The van der Waals surface area contributed by atoms with E-state index >= 15 is 0 Å². The quantitative estimate of drug-likeness (QED) is 0.295. The van der Waals surface area contributed by atoms with Gasteiger partial charge in [0.15, 0.2) is 0 Å². The summed E-state index contributed by atoms with van der Waals surface area (Å²) in [6, 6.07) is 5.19. The SMILES string of the molecule is CCCCCCCc1cccc(S(=O)(=O)[O-])c1CCCCCCC.[K+]. The first-order valence-electron chi connectivity index (χ1n) is 9.57. The molecule has 138 valence electrons. The van der Waals surface area contributed by atoms with Crippen molar-refractivity contribution >= 4 is 10.1 Å². The molecule has 0 amide bonds. The standard InChI is InChI=1S/C20H34O3S.K/c1-3-5-7-9-11-14-18-15-13-17-20(24(21,22)23)19(18)16-12-10-8-6-4-2;/h13,15,17H,3-12,14,16H2,1-2H3,(H,21,22,23);/q;+1/p-1. The molecule has 0 aliphatic rings. The van der Waals surface area contributed by atoms with Crippen molar-refractivity contribution < 1.29 is 64.4 Å². The maximum Gasteiger partial charge on any atom is 1.00 e. The van der Waals surface area contributed by atoms with Crippen LogP contribution in [0.25, 0.3) is 0 Å². The van der Waals surface area contributed by atoms with E-state index in [1.54, 1.807) is 6.07 Å². The molecule has 5 heteroatoms. The average molecular weight is 393 g/mol. The summed E-state index contributed by atoms with van der Waals surface area (Å²) in [5, 5.41) is 0. The molecule has 1 rings (SSSR count). The predicted octanol–water partition coefficient (Wildman–Crippen LogP) is 2.62. The molecule has 0 aromatic heterocycles. The Kier molecular flexibility index (Phi) is 15.2. The summed E-state index contributed by atoms with van der Waals surface area (Å²) < 4.78 is 34.8. The third-order valence-electron chi connectivity index (χ3n) is 4.58. The molecule has 0 heterocycles. The van der Waals surface area contributed by atoms with Crippen LogP contribution in [0.3, 0.4) is 0 Å². The van der Waals surface area contributed by atoms with E-state index in [0.29, 0.717) is 6.42 Å². The van der Waals surface area contributed by atoms with E-state index in [1.165, 1.54) is 44.6 Å². The van der Waals surface area contributed by atoms with Crippen LogP contribution in [0.15, 0.2) is 23.1 Å². The topological polar surface area (TPSA) is 57.2 Å². The van der Waals surface area contributed by atoms with Crippen molar-refractivity contribution in [1.82, 2.24) is 0 Å². The van der Waals surface area contributed by atoms with E-state index in [2.05, 4.69) is 13.8 Å². The normalized spacial score (nSPS) is 11.3. The fourth-order valence-electron chi connectivity index (χ4n) is 3.19. The summed E-state index contributed by atoms with van der Waals surface area (Å²) in [5.74, 6) is 0. The number of rotatable bonds is 13. The molecule has 0 unspecified atom stereocenters. The summed E-state index contributed by atoms with van der Waals surface area (Å²) in [6.07, 6.45) is 13.1. The summed E-state index contributed by atoms with van der Waals surface area (Å²) in [5.41, 5.74) is 1.83. The van der Waals surface area contributed by atoms with Gasteiger partial charge in [-0.2, -0.15) is 0 Å². The van der Waals surface area contributed by atoms with Gasteiger partial charge in [-0.15, -0.1) is 0 Å². The minimum absolute atomic E-state index is 0. The molecular weight excluding hydrogens is 359 g/mol. The zero-order valence-electron chi connectivity index (χ0n) is 16.4. The van der Waals surface area contributed by atoms with Gasteiger partial charge < -0.3 is 4.55 Å². The van der Waals surface area contributed by atoms with Crippen LogP contribution in [0, 0.1) is 0 Å². The molecule has 1 aromatic carbocycles. The maximum absolute atomic E-state index is 11.6. The third-order valence-corrected chi connectivity index (χ3v) is 5.50. The molecule has 0 aliphatic carbocycles. The molecule has 0 saturated carbocycles. The van der Waals surface area contributed by atoms with Crippen molar-refractivity contribution in [1.29, 1.82) is 0 Å². The van der Waals surface area contributed by atoms with Crippen LogP contribution in [0.4, 0.5) is 0 Å². The predicted molar refractivity (Wildman–Crippen MR) is 99.3 cm³/mol. The Labute approximate surface area is 197 Å². The number of aryl methyl sites for hydroxylation is 1. The molecule has 0 spiro atoms. The van der Waals surface area contributed by atoms with Crippen molar-refractivity contribution in [2.45, 2.75) is 95.8 Å². The zero-order chi connectivity index (χ0) is 17.8. The van der Waals surface area contributed by atoms with E-state index in [9.17, 15) is 13.0 Å². The van der Waals surface area contributed by atoms with Gasteiger partial charge in [0.2, 0.25) is 0 Å². The number of benzene rings is 1. The number of hydrogen-bond donors (Lipinski definition) is 0. The van der Waals surface area contributed by atoms with Crippen LogP contribution in [-0.2, 0) is 23.0 Å². The molecule has 3 nitrogen and oxygen atoms in total. The van der Waals surface area contributed by atoms with Crippen LogP contribution in [0.2, 0.25) is 0 Å². The first kappa shape index (κ1) is 25.8. The van der Waals surface area contributed by atoms with Gasteiger partial charge in [0.25, 0.3) is 0 Å². The van der Waals surface area contributed by atoms with Crippen LogP contribution in [0.1, 0.15) is 89.2 Å². The fourth-order valence-corrected chi connectivity index (χ4v) is 3.97. The van der Waals surface area contributed by atoms with Gasteiger partial charge in [0, 0.05) is 0 Å². The molecule has 1 aromatic rings. The van der Waals surface area contributed by atoms with Crippen molar-refractivity contribution in [3.8, 4) is 0 Å². The minimum Gasteiger partial charge on any atom is -0.744 e. The molecule has 0 bridgehead atoms. The smallest absolute Gasteiger partial charge is 0.744 e. The molecule has 0 N–H and O–H groups in total. The Balaban J connectivity index is 0.00000576. The second-order valence-electron chi connectivity index (χ2n) is 6.68. The van der Waals surface area contributed by atoms with Gasteiger partial charge >= 0.3 is 51.4 Å². The zero-order valence-corrected chi connectivity index (χ0v) is 20.3. The molecule has 25 heavy (non-hydrogen) atoms. The fraction of sp³-hybridized carbons (Fsp3) is 0.700. The first-order chi connectivity index (χ1) is 11.5. The second-order valence-corrected chi connectivity index (χ2v) is 8.02. The Morgan fingerprint density at radius 1 is 0.800 bits per heavy atom. The molecule has 0 fully saturated rings. The van der Waals surface area contributed by atoms with Gasteiger partial charge in [-0.1, -0.05) is 77.3 Å². The van der Waals surface area contributed by atoms with E-state index in [4.69, 9.17) is 0 Å². The maximum atomic E-state index is 11.6. The second kappa shape index (κ2) is 14.8. The molecular formula is C20H33KO3S. The van der Waals surface area contributed by atoms with Gasteiger partial charge in [-0.25, -0.2) is 8.42 Å². The largest absolute Gasteiger partial charge is 1.00 e. The number of hydrogen-bond acceptors (Lipinski definition) is 3. The van der Waals surface area contributed by atoms with Gasteiger partial charge in [0.05, 0.1) is 4.90 Å². The Morgan fingerprint density at radius 3 is 1.84 bits per heavy atom. The monoisotopic (exact) mass is 392 g/mol. The van der Waals surface area contributed by atoms with E-state index in [1.807, 2.05) is 6.07 Å². The van der Waals surface area contributed by atoms with Crippen molar-refractivity contribution in [2.24, 2.45) is 0 Å². The van der Waals surface area contributed by atoms with E-state index < -0.39 is 10.1 Å². The summed E-state index contributed by atoms with van der Waals surface area (Å²) >= 11 is 0. The molecule has 0 aliphatic heterocycles. The van der Waals surface area contributed by atoms with Crippen LogP contribution >= 0.6 is 0 Å². The van der Waals surface area contributed by atoms with Crippen LogP contribution in [-0.4, -0.2) is 13.0 Å². The Morgan fingerprint density at radius 2 is 1.32 bits per heavy atom. The number of unbranched alkanes of at least 4 members (excludes halogenated alkanes) is 8.